The van der Waals surface area contributed by atoms with Gasteiger partial charge >= 0.3 is 5.97 Å². The van der Waals surface area contributed by atoms with Crippen LogP contribution in [-0.4, -0.2) is 63.7 Å². The molecule has 6 heterocycles. The Morgan fingerprint density at radius 1 is 0.574 bits per heavy atom. The van der Waals surface area contributed by atoms with Gasteiger partial charge in [-0.2, -0.15) is 0 Å². The summed E-state index contributed by atoms with van der Waals surface area (Å²) < 4.78 is 4.40. The summed E-state index contributed by atoms with van der Waals surface area (Å²) in [6, 6.07) is 31.2. The summed E-state index contributed by atoms with van der Waals surface area (Å²) in [6.45, 7) is 7.87. The summed E-state index contributed by atoms with van der Waals surface area (Å²) in [6.07, 6.45) is 11.3. The van der Waals surface area contributed by atoms with E-state index >= 15 is 0 Å². The molecule has 0 unspecified atom stereocenters. The molecule has 0 aliphatic heterocycles. The average Bonchev–Trinajstić information content (AvgIpc) is 3.20. The van der Waals surface area contributed by atoms with Crippen molar-refractivity contribution in [1.82, 2.24) is 39.7 Å². The third-order valence-electron chi connectivity index (χ3n) is 7.62. The van der Waals surface area contributed by atoms with Crippen LogP contribution in [0, 0.1) is 0 Å². The molecule has 54 heavy (non-hydrogen) atoms. The zero-order valence-electron chi connectivity index (χ0n) is 30.7. The van der Waals surface area contributed by atoms with Crippen molar-refractivity contribution in [3.8, 4) is 0 Å². The number of aldehydes is 1. The minimum atomic E-state index is -0.211. The fourth-order valence-electron chi connectivity index (χ4n) is 5.12. The molecule has 1 N–H and O–H groups in total. The highest BCUT2D eigenvalue weighted by atomic mass is 16.5. The molecule has 12 nitrogen and oxygen atoms in total. The van der Waals surface area contributed by atoms with Crippen molar-refractivity contribution in [1.29, 1.82) is 0 Å². The summed E-state index contributed by atoms with van der Waals surface area (Å²) in [4.78, 5) is 51.5. The molecule has 0 spiro atoms. The van der Waals surface area contributed by atoms with E-state index in [1.54, 1.807) is 37.8 Å². The lowest BCUT2D eigenvalue weighted by Crippen LogP contribution is -2.24. The van der Waals surface area contributed by atoms with Crippen LogP contribution in [0.3, 0.4) is 0 Å². The first kappa shape index (κ1) is 40.7. The van der Waals surface area contributed by atoms with Crippen LogP contribution in [0.15, 0.2) is 134 Å². The number of esters is 1. The molecule has 0 saturated carbocycles. The molecule has 0 amide bonds. The van der Waals surface area contributed by atoms with Crippen molar-refractivity contribution < 1.29 is 19.4 Å². The number of pyridine rings is 6. The molecule has 0 radical (unpaired) electrons. The smallest absolute Gasteiger partial charge is 0.302 e. The SMILES string of the molecule is CCOC(C)=O.O=Cc1ccc(CN(Cc2ccccn2)Cc2ccccn2)nc1.OCc1ccc(CN(Cc2ccccn2)Cc2ccccn2)nc1. The Bertz CT molecular complexity index is 1820. The van der Waals surface area contributed by atoms with E-state index in [-0.39, 0.29) is 12.6 Å². The van der Waals surface area contributed by atoms with Crippen molar-refractivity contribution in [3.05, 3.63) is 180 Å². The lowest BCUT2D eigenvalue weighted by atomic mass is 10.2. The molecule has 6 aromatic heterocycles. The zero-order valence-corrected chi connectivity index (χ0v) is 30.7. The van der Waals surface area contributed by atoms with Crippen LogP contribution in [0.25, 0.3) is 0 Å². The highest BCUT2D eigenvalue weighted by Crippen LogP contribution is 2.13. The Labute approximate surface area is 316 Å². The second-order valence-electron chi connectivity index (χ2n) is 12.0. The van der Waals surface area contributed by atoms with Gasteiger partial charge in [-0.3, -0.25) is 49.3 Å². The Hall–Kier alpha value is -6.08. The quantitative estimate of drug-likeness (QED) is 0.0975. The Balaban J connectivity index is 0.000000209. The maximum absolute atomic E-state index is 10.8. The number of nitrogens with zero attached hydrogens (tertiary/aromatic N) is 8. The number of aliphatic hydroxyl groups excluding tert-OH is 1. The molecule has 12 heteroatoms. The standard InChI is InChI=1S/C19H20N4O.C19H18N4O.C4H8O2/c2*24-15-16-7-8-19(22-11-16)14-23(12-17-5-1-3-9-20-17)13-18-6-2-4-10-21-18;1-3-6-4(2)5/h1-11,24H,12-15H2;1-11,15H,12-14H2;3H2,1-2H3. The van der Waals surface area contributed by atoms with Gasteiger partial charge in [0.2, 0.25) is 0 Å². The summed E-state index contributed by atoms with van der Waals surface area (Å²) in [5.41, 5.74) is 7.29. The number of hydrogen-bond donors (Lipinski definition) is 1. The maximum atomic E-state index is 10.8. The number of rotatable bonds is 15. The van der Waals surface area contributed by atoms with Gasteiger partial charge < -0.3 is 9.84 Å². The molecular formula is C42H46N8O4. The number of aromatic nitrogens is 6. The fraction of sp³-hybridized carbons (Fsp3) is 0.238. The van der Waals surface area contributed by atoms with Gasteiger partial charge in [-0.25, -0.2) is 0 Å². The number of aliphatic hydroxyl groups is 1. The topological polar surface area (TPSA) is 147 Å². The van der Waals surface area contributed by atoms with Crippen LogP contribution in [0.4, 0.5) is 0 Å². The van der Waals surface area contributed by atoms with Crippen molar-refractivity contribution in [2.24, 2.45) is 0 Å². The number of carbonyl (C=O) groups is 2. The van der Waals surface area contributed by atoms with Crippen molar-refractivity contribution in [2.45, 2.75) is 59.7 Å². The van der Waals surface area contributed by atoms with E-state index in [2.05, 4.69) is 44.4 Å². The molecule has 6 aromatic rings. The summed E-state index contributed by atoms with van der Waals surface area (Å²) in [7, 11) is 0. The van der Waals surface area contributed by atoms with Crippen molar-refractivity contribution in [2.75, 3.05) is 6.61 Å². The molecule has 0 aliphatic rings. The average molecular weight is 727 g/mol. The molecule has 0 aliphatic carbocycles. The normalized spacial score (nSPS) is 10.5. The highest BCUT2D eigenvalue weighted by Gasteiger charge is 2.12. The second-order valence-corrected chi connectivity index (χ2v) is 12.0. The van der Waals surface area contributed by atoms with E-state index in [0.717, 1.165) is 59.1 Å². The molecule has 6 rings (SSSR count). The van der Waals surface area contributed by atoms with E-state index in [4.69, 9.17) is 5.11 Å². The molecular weight excluding hydrogens is 681 g/mol. The van der Waals surface area contributed by atoms with Gasteiger partial charge in [0, 0.05) is 88.9 Å². The molecule has 0 atom stereocenters. The van der Waals surface area contributed by atoms with E-state index < -0.39 is 0 Å². The van der Waals surface area contributed by atoms with Gasteiger partial charge in [-0.15, -0.1) is 0 Å². The van der Waals surface area contributed by atoms with Crippen LogP contribution in [0.5, 0.6) is 0 Å². The minimum absolute atomic E-state index is 0.0128. The maximum Gasteiger partial charge on any atom is 0.302 e. The van der Waals surface area contributed by atoms with E-state index in [1.807, 2.05) is 103 Å². The van der Waals surface area contributed by atoms with Crippen LogP contribution in [0.2, 0.25) is 0 Å². The molecule has 0 aromatic carbocycles. The zero-order chi connectivity index (χ0) is 38.2. The Morgan fingerprint density at radius 3 is 1.20 bits per heavy atom. The second kappa shape index (κ2) is 23.5. The summed E-state index contributed by atoms with van der Waals surface area (Å²) in [5, 5.41) is 9.13. The lowest BCUT2D eigenvalue weighted by molar-refractivity contribution is -0.140. The summed E-state index contributed by atoms with van der Waals surface area (Å²) in [5.74, 6) is -0.211. The third kappa shape index (κ3) is 15.7. The van der Waals surface area contributed by atoms with E-state index in [9.17, 15) is 9.59 Å². The first-order valence-corrected chi connectivity index (χ1v) is 17.6. The third-order valence-corrected chi connectivity index (χ3v) is 7.62. The van der Waals surface area contributed by atoms with Crippen LogP contribution < -0.4 is 0 Å². The first-order valence-electron chi connectivity index (χ1n) is 17.6. The van der Waals surface area contributed by atoms with Crippen LogP contribution in [-0.2, 0) is 55.4 Å². The first-order chi connectivity index (χ1) is 26.4. The lowest BCUT2D eigenvalue weighted by Gasteiger charge is -2.21. The molecule has 278 valence electrons. The number of carbonyl (C=O) groups excluding carboxylic acids is 2. The summed E-state index contributed by atoms with van der Waals surface area (Å²) >= 11 is 0. The highest BCUT2D eigenvalue weighted by molar-refractivity contribution is 5.73. The van der Waals surface area contributed by atoms with Gasteiger partial charge in [0.25, 0.3) is 0 Å². The Morgan fingerprint density at radius 2 is 0.963 bits per heavy atom. The molecule has 0 saturated heterocycles. The van der Waals surface area contributed by atoms with Gasteiger partial charge in [-0.05, 0) is 79.2 Å². The van der Waals surface area contributed by atoms with E-state index in [1.165, 1.54) is 6.92 Å². The fourth-order valence-corrected chi connectivity index (χ4v) is 5.12. The predicted molar refractivity (Wildman–Crippen MR) is 205 cm³/mol. The van der Waals surface area contributed by atoms with Gasteiger partial charge in [0.15, 0.2) is 6.29 Å². The Kier molecular flexibility index (Phi) is 17.7. The van der Waals surface area contributed by atoms with E-state index in [0.29, 0.717) is 38.3 Å². The number of hydrogen-bond acceptors (Lipinski definition) is 12. The van der Waals surface area contributed by atoms with Crippen LogP contribution >= 0.6 is 0 Å². The monoisotopic (exact) mass is 726 g/mol. The predicted octanol–water partition coefficient (Wildman–Crippen LogP) is 6.02. The largest absolute Gasteiger partial charge is 0.466 e. The van der Waals surface area contributed by atoms with Gasteiger partial charge in [0.1, 0.15) is 0 Å². The van der Waals surface area contributed by atoms with Gasteiger partial charge in [0.05, 0.1) is 47.4 Å². The minimum Gasteiger partial charge on any atom is -0.466 e. The molecule has 0 fully saturated rings. The van der Waals surface area contributed by atoms with Gasteiger partial charge in [-0.1, -0.05) is 30.3 Å². The number of ether oxygens (including phenoxy) is 1. The van der Waals surface area contributed by atoms with Crippen molar-refractivity contribution in [3.63, 3.8) is 0 Å². The van der Waals surface area contributed by atoms with Crippen LogP contribution in [0.1, 0.15) is 63.9 Å². The van der Waals surface area contributed by atoms with Crippen molar-refractivity contribution >= 4 is 12.3 Å². The molecule has 0 bridgehead atoms.